The molecule has 19 heavy (non-hydrogen) atoms. The molecule has 0 fully saturated rings. The van der Waals surface area contributed by atoms with E-state index < -0.39 is 6.10 Å². The molecule has 0 saturated carbocycles. The SMILES string of the molecule is CC(=O)c1ccc(O)c(C(O)c2ccccc2)c1O. The molecule has 0 aliphatic carbocycles. The molecule has 0 amide bonds. The second-order valence-electron chi connectivity index (χ2n) is 4.26. The predicted molar refractivity (Wildman–Crippen MR) is 70.3 cm³/mol. The Labute approximate surface area is 110 Å². The Balaban J connectivity index is 2.56. The molecular formula is C15H14O4. The molecular weight excluding hydrogens is 244 g/mol. The first-order valence-corrected chi connectivity index (χ1v) is 5.81. The second kappa shape index (κ2) is 5.12. The zero-order valence-electron chi connectivity index (χ0n) is 10.4. The number of rotatable bonds is 3. The molecule has 4 nitrogen and oxygen atoms in total. The third-order valence-corrected chi connectivity index (χ3v) is 2.96. The summed E-state index contributed by atoms with van der Waals surface area (Å²) in [6.07, 6.45) is -1.19. The molecule has 0 aliphatic heterocycles. The van der Waals surface area contributed by atoms with Gasteiger partial charge in [-0.25, -0.2) is 0 Å². The monoisotopic (exact) mass is 258 g/mol. The fraction of sp³-hybridized carbons (Fsp3) is 0.133. The maximum atomic E-state index is 11.4. The van der Waals surface area contributed by atoms with Crippen LogP contribution < -0.4 is 0 Å². The average molecular weight is 258 g/mol. The number of phenols is 2. The molecule has 0 aromatic heterocycles. The highest BCUT2D eigenvalue weighted by molar-refractivity contribution is 5.97. The van der Waals surface area contributed by atoms with Gasteiger partial charge in [-0.05, 0) is 24.6 Å². The van der Waals surface area contributed by atoms with Crippen LogP contribution in [0.3, 0.4) is 0 Å². The number of aliphatic hydroxyl groups is 1. The summed E-state index contributed by atoms with van der Waals surface area (Å²) in [5.74, 6) is -0.971. The Hall–Kier alpha value is -2.33. The van der Waals surface area contributed by atoms with E-state index in [1.165, 1.54) is 19.1 Å². The number of aliphatic hydroxyl groups excluding tert-OH is 1. The summed E-state index contributed by atoms with van der Waals surface area (Å²) in [6, 6.07) is 11.2. The van der Waals surface area contributed by atoms with Crippen molar-refractivity contribution in [1.29, 1.82) is 0 Å². The van der Waals surface area contributed by atoms with E-state index in [2.05, 4.69) is 0 Å². The summed E-state index contributed by atoms with van der Waals surface area (Å²) in [4.78, 5) is 11.4. The van der Waals surface area contributed by atoms with Crippen LogP contribution in [0.5, 0.6) is 11.5 Å². The van der Waals surface area contributed by atoms with Crippen molar-refractivity contribution in [2.24, 2.45) is 0 Å². The van der Waals surface area contributed by atoms with E-state index in [1.54, 1.807) is 30.3 Å². The van der Waals surface area contributed by atoms with Crippen LogP contribution in [0.1, 0.15) is 34.5 Å². The Morgan fingerprint density at radius 1 is 1.05 bits per heavy atom. The molecule has 2 rings (SSSR count). The normalized spacial score (nSPS) is 12.1. The maximum absolute atomic E-state index is 11.4. The minimum absolute atomic E-state index is 0.0566. The summed E-state index contributed by atoms with van der Waals surface area (Å²) >= 11 is 0. The van der Waals surface area contributed by atoms with Gasteiger partial charge in [-0.2, -0.15) is 0 Å². The molecule has 3 N–H and O–H groups in total. The van der Waals surface area contributed by atoms with Gasteiger partial charge in [0.1, 0.15) is 17.6 Å². The van der Waals surface area contributed by atoms with Gasteiger partial charge in [-0.1, -0.05) is 30.3 Å². The number of hydrogen-bond donors (Lipinski definition) is 3. The van der Waals surface area contributed by atoms with Crippen molar-refractivity contribution in [3.05, 3.63) is 59.2 Å². The van der Waals surface area contributed by atoms with Crippen LogP contribution in [0, 0.1) is 0 Å². The Bertz CT molecular complexity index is 605. The van der Waals surface area contributed by atoms with Gasteiger partial charge in [0, 0.05) is 0 Å². The minimum atomic E-state index is -1.19. The lowest BCUT2D eigenvalue weighted by molar-refractivity contribution is 0.101. The summed E-state index contributed by atoms with van der Waals surface area (Å²) in [5, 5.41) is 30.1. The van der Waals surface area contributed by atoms with Crippen molar-refractivity contribution in [2.45, 2.75) is 13.0 Å². The molecule has 1 unspecified atom stereocenters. The van der Waals surface area contributed by atoms with Gasteiger partial charge in [0.05, 0.1) is 11.1 Å². The molecule has 2 aromatic carbocycles. The van der Waals surface area contributed by atoms with Crippen molar-refractivity contribution >= 4 is 5.78 Å². The van der Waals surface area contributed by atoms with Gasteiger partial charge in [-0.3, -0.25) is 4.79 Å². The van der Waals surface area contributed by atoms with E-state index in [9.17, 15) is 20.1 Å². The number of carbonyl (C=O) groups excluding carboxylic acids is 1. The van der Waals surface area contributed by atoms with Crippen LogP contribution in [-0.4, -0.2) is 21.1 Å². The number of phenolic OH excluding ortho intramolecular Hbond substituents is 2. The standard InChI is InChI=1S/C15H14O4/c1-9(16)11-7-8-12(17)13(15(11)19)14(18)10-5-3-2-4-6-10/h2-8,14,17-19H,1H3. The van der Waals surface area contributed by atoms with Gasteiger partial charge in [0.2, 0.25) is 0 Å². The summed E-state index contributed by atoms with van der Waals surface area (Å²) in [6.45, 7) is 1.31. The molecule has 0 bridgehead atoms. The lowest BCUT2D eigenvalue weighted by atomic mass is 9.96. The number of ketones is 1. The molecule has 1 atom stereocenters. The van der Waals surface area contributed by atoms with Crippen molar-refractivity contribution in [2.75, 3.05) is 0 Å². The van der Waals surface area contributed by atoms with Crippen LogP contribution in [-0.2, 0) is 0 Å². The average Bonchev–Trinajstić information content (AvgIpc) is 2.39. The lowest BCUT2D eigenvalue weighted by Gasteiger charge is -2.16. The molecule has 0 saturated heterocycles. The van der Waals surface area contributed by atoms with Gasteiger partial charge in [0.25, 0.3) is 0 Å². The Morgan fingerprint density at radius 2 is 1.68 bits per heavy atom. The number of Topliss-reactive ketones (excluding diaryl/α,β-unsaturated/α-hetero) is 1. The first-order chi connectivity index (χ1) is 9.02. The number of hydrogen-bond acceptors (Lipinski definition) is 4. The zero-order valence-corrected chi connectivity index (χ0v) is 10.4. The smallest absolute Gasteiger partial charge is 0.163 e. The first kappa shape index (κ1) is 13.1. The fourth-order valence-electron chi connectivity index (χ4n) is 1.95. The van der Waals surface area contributed by atoms with Gasteiger partial charge in [-0.15, -0.1) is 0 Å². The second-order valence-corrected chi connectivity index (χ2v) is 4.26. The maximum Gasteiger partial charge on any atom is 0.163 e. The summed E-state index contributed by atoms with van der Waals surface area (Å²) in [5.41, 5.74) is 0.537. The molecule has 2 aromatic rings. The van der Waals surface area contributed by atoms with Crippen LogP contribution in [0.4, 0.5) is 0 Å². The molecule has 4 heteroatoms. The van der Waals surface area contributed by atoms with E-state index in [0.717, 1.165) is 0 Å². The van der Waals surface area contributed by atoms with Crippen LogP contribution in [0.15, 0.2) is 42.5 Å². The first-order valence-electron chi connectivity index (χ1n) is 5.81. The quantitative estimate of drug-likeness (QED) is 0.739. The third-order valence-electron chi connectivity index (χ3n) is 2.96. The topological polar surface area (TPSA) is 77.8 Å². The van der Waals surface area contributed by atoms with Crippen LogP contribution in [0.2, 0.25) is 0 Å². The van der Waals surface area contributed by atoms with E-state index >= 15 is 0 Å². The van der Waals surface area contributed by atoms with Gasteiger partial charge >= 0.3 is 0 Å². The molecule has 0 spiro atoms. The lowest BCUT2D eigenvalue weighted by Crippen LogP contribution is -2.03. The Morgan fingerprint density at radius 3 is 2.26 bits per heavy atom. The van der Waals surface area contributed by atoms with Crippen molar-refractivity contribution < 1.29 is 20.1 Å². The number of benzene rings is 2. The van der Waals surface area contributed by atoms with E-state index in [0.29, 0.717) is 5.56 Å². The zero-order chi connectivity index (χ0) is 14.0. The summed E-state index contributed by atoms with van der Waals surface area (Å²) in [7, 11) is 0. The largest absolute Gasteiger partial charge is 0.507 e. The van der Waals surface area contributed by atoms with Crippen LogP contribution >= 0.6 is 0 Å². The van der Waals surface area contributed by atoms with E-state index in [1.807, 2.05) is 0 Å². The van der Waals surface area contributed by atoms with E-state index in [4.69, 9.17) is 0 Å². The van der Waals surface area contributed by atoms with Crippen molar-refractivity contribution in [3.8, 4) is 11.5 Å². The van der Waals surface area contributed by atoms with Gasteiger partial charge < -0.3 is 15.3 Å². The molecule has 0 radical (unpaired) electrons. The van der Waals surface area contributed by atoms with E-state index in [-0.39, 0.29) is 28.4 Å². The minimum Gasteiger partial charge on any atom is -0.507 e. The highest BCUT2D eigenvalue weighted by atomic mass is 16.3. The highest BCUT2D eigenvalue weighted by Crippen LogP contribution is 2.38. The number of aromatic hydroxyl groups is 2. The molecule has 0 heterocycles. The summed E-state index contributed by atoms with van der Waals surface area (Å²) < 4.78 is 0. The van der Waals surface area contributed by atoms with Crippen molar-refractivity contribution in [1.82, 2.24) is 0 Å². The van der Waals surface area contributed by atoms with Crippen LogP contribution in [0.25, 0.3) is 0 Å². The van der Waals surface area contributed by atoms with Gasteiger partial charge in [0.15, 0.2) is 5.78 Å². The molecule has 0 aliphatic rings. The predicted octanol–water partition coefficient (Wildman–Crippen LogP) is 2.38. The highest BCUT2D eigenvalue weighted by Gasteiger charge is 2.22. The number of carbonyl (C=O) groups is 1. The van der Waals surface area contributed by atoms with Crippen molar-refractivity contribution in [3.63, 3.8) is 0 Å². The fourth-order valence-corrected chi connectivity index (χ4v) is 1.95. The molecule has 98 valence electrons. The Kier molecular flexibility index (Phi) is 3.53. The third kappa shape index (κ3) is 2.44.